The van der Waals surface area contributed by atoms with E-state index in [0.717, 1.165) is 6.42 Å². The first-order valence-electron chi connectivity index (χ1n) is 6.84. The fourth-order valence-electron chi connectivity index (χ4n) is 1.55. The van der Waals surface area contributed by atoms with Crippen molar-refractivity contribution in [3.05, 3.63) is 29.8 Å². The molecule has 0 N–H and O–H groups in total. The lowest BCUT2D eigenvalue weighted by Crippen LogP contribution is -2.26. The first-order chi connectivity index (χ1) is 9.40. The molecule has 0 amide bonds. The third-order valence-corrected chi connectivity index (χ3v) is 2.82. The summed E-state index contributed by atoms with van der Waals surface area (Å²) in [5.41, 5.74) is 0.558. The average molecular weight is 278 g/mol. The van der Waals surface area contributed by atoms with Gasteiger partial charge in [0.2, 0.25) is 0 Å². The summed E-state index contributed by atoms with van der Waals surface area (Å²) in [6, 6.07) is 6.77. The van der Waals surface area contributed by atoms with Crippen LogP contribution in [-0.4, -0.2) is 24.5 Å². The Labute approximate surface area is 120 Å². The van der Waals surface area contributed by atoms with Crippen LogP contribution in [0.15, 0.2) is 24.3 Å². The van der Waals surface area contributed by atoms with E-state index in [-0.39, 0.29) is 11.8 Å². The molecule has 1 rings (SSSR count). The third kappa shape index (κ3) is 5.43. The monoisotopic (exact) mass is 278 g/mol. The standard InChI is InChI=1S/C16H22O4/c1-11(2)8-9-19-16(18)13(4)20-15-7-5-6-14(10-15)12(3)17/h5-7,10-11,13H,8-9H2,1-4H3. The van der Waals surface area contributed by atoms with E-state index in [2.05, 4.69) is 13.8 Å². The van der Waals surface area contributed by atoms with Gasteiger partial charge in [-0.15, -0.1) is 0 Å². The summed E-state index contributed by atoms with van der Waals surface area (Å²) in [5, 5.41) is 0. The second-order valence-corrected chi connectivity index (χ2v) is 5.19. The van der Waals surface area contributed by atoms with Gasteiger partial charge in [0.15, 0.2) is 11.9 Å². The maximum absolute atomic E-state index is 11.7. The molecule has 1 unspecified atom stereocenters. The summed E-state index contributed by atoms with van der Waals surface area (Å²) < 4.78 is 10.6. The van der Waals surface area contributed by atoms with E-state index in [4.69, 9.17) is 9.47 Å². The highest BCUT2D eigenvalue weighted by Crippen LogP contribution is 2.16. The summed E-state index contributed by atoms with van der Waals surface area (Å²) in [4.78, 5) is 23.0. The van der Waals surface area contributed by atoms with Crippen LogP contribution >= 0.6 is 0 Å². The number of rotatable bonds is 7. The Balaban J connectivity index is 2.52. The zero-order chi connectivity index (χ0) is 15.1. The highest BCUT2D eigenvalue weighted by atomic mass is 16.6. The molecule has 0 saturated heterocycles. The predicted molar refractivity (Wildman–Crippen MR) is 77.0 cm³/mol. The summed E-state index contributed by atoms with van der Waals surface area (Å²) in [6.45, 7) is 7.67. The smallest absolute Gasteiger partial charge is 0.347 e. The first kappa shape index (κ1) is 16.2. The Bertz CT molecular complexity index is 465. The van der Waals surface area contributed by atoms with Crippen molar-refractivity contribution in [3.8, 4) is 5.75 Å². The molecule has 0 aromatic heterocycles. The number of benzene rings is 1. The zero-order valence-corrected chi connectivity index (χ0v) is 12.5. The molecule has 0 saturated carbocycles. The Hall–Kier alpha value is -1.84. The largest absolute Gasteiger partial charge is 0.479 e. The number of carbonyl (C=O) groups excluding carboxylic acids is 2. The molecule has 0 fully saturated rings. The van der Waals surface area contributed by atoms with Gasteiger partial charge in [-0.05, 0) is 38.3 Å². The second kappa shape index (κ2) is 7.68. The summed E-state index contributed by atoms with van der Waals surface area (Å²) in [6.07, 6.45) is 0.141. The van der Waals surface area contributed by atoms with Gasteiger partial charge in [0.25, 0.3) is 0 Å². The quantitative estimate of drug-likeness (QED) is 0.567. The van der Waals surface area contributed by atoms with Crippen molar-refractivity contribution in [3.63, 3.8) is 0 Å². The second-order valence-electron chi connectivity index (χ2n) is 5.19. The van der Waals surface area contributed by atoms with Crippen LogP contribution in [0.4, 0.5) is 0 Å². The SMILES string of the molecule is CC(=O)c1cccc(OC(C)C(=O)OCCC(C)C)c1. The molecule has 0 bridgehead atoms. The lowest BCUT2D eigenvalue weighted by atomic mass is 10.1. The Morgan fingerprint density at radius 2 is 1.90 bits per heavy atom. The van der Waals surface area contributed by atoms with Gasteiger partial charge in [-0.1, -0.05) is 26.0 Å². The third-order valence-electron chi connectivity index (χ3n) is 2.82. The maximum atomic E-state index is 11.7. The number of hydrogen-bond acceptors (Lipinski definition) is 4. The van der Waals surface area contributed by atoms with Crippen molar-refractivity contribution in [2.75, 3.05) is 6.61 Å². The number of hydrogen-bond donors (Lipinski definition) is 0. The predicted octanol–water partition coefficient (Wildman–Crippen LogP) is 3.25. The zero-order valence-electron chi connectivity index (χ0n) is 12.5. The van der Waals surface area contributed by atoms with E-state index in [0.29, 0.717) is 23.8 Å². The fraction of sp³-hybridized carbons (Fsp3) is 0.500. The number of ketones is 1. The van der Waals surface area contributed by atoms with Crippen LogP contribution in [0.3, 0.4) is 0 Å². The molecule has 1 aromatic carbocycles. The molecule has 0 aliphatic heterocycles. The van der Waals surface area contributed by atoms with E-state index in [1.165, 1.54) is 6.92 Å². The summed E-state index contributed by atoms with van der Waals surface area (Å²) in [7, 11) is 0. The molecular weight excluding hydrogens is 256 g/mol. The molecule has 4 nitrogen and oxygen atoms in total. The van der Waals surface area contributed by atoms with Gasteiger partial charge in [0, 0.05) is 5.56 Å². The number of ether oxygens (including phenoxy) is 2. The van der Waals surface area contributed by atoms with Crippen molar-refractivity contribution in [1.29, 1.82) is 0 Å². The minimum Gasteiger partial charge on any atom is -0.479 e. The van der Waals surface area contributed by atoms with E-state index in [9.17, 15) is 9.59 Å². The van der Waals surface area contributed by atoms with Crippen molar-refractivity contribution in [1.82, 2.24) is 0 Å². The number of carbonyl (C=O) groups is 2. The van der Waals surface area contributed by atoms with Crippen LogP contribution in [0.2, 0.25) is 0 Å². The van der Waals surface area contributed by atoms with Gasteiger partial charge < -0.3 is 9.47 Å². The molecule has 0 spiro atoms. The highest BCUT2D eigenvalue weighted by molar-refractivity contribution is 5.94. The Kier molecular flexibility index (Phi) is 6.22. The van der Waals surface area contributed by atoms with Gasteiger partial charge >= 0.3 is 5.97 Å². The van der Waals surface area contributed by atoms with Crippen LogP contribution in [0.1, 0.15) is 44.5 Å². The molecule has 0 heterocycles. The van der Waals surface area contributed by atoms with Crippen molar-refractivity contribution in [2.24, 2.45) is 5.92 Å². The summed E-state index contributed by atoms with van der Waals surface area (Å²) in [5.74, 6) is 0.554. The van der Waals surface area contributed by atoms with Crippen molar-refractivity contribution < 1.29 is 19.1 Å². The van der Waals surface area contributed by atoms with Gasteiger partial charge in [-0.3, -0.25) is 4.79 Å². The van der Waals surface area contributed by atoms with E-state index in [1.807, 2.05) is 0 Å². The van der Waals surface area contributed by atoms with Crippen LogP contribution in [0, 0.1) is 5.92 Å². The maximum Gasteiger partial charge on any atom is 0.347 e. The van der Waals surface area contributed by atoms with Crippen LogP contribution in [0.5, 0.6) is 5.75 Å². The van der Waals surface area contributed by atoms with E-state index < -0.39 is 6.10 Å². The van der Waals surface area contributed by atoms with Crippen molar-refractivity contribution >= 4 is 11.8 Å². The lowest BCUT2D eigenvalue weighted by Gasteiger charge is -2.15. The molecule has 0 aliphatic carbocycles. The van der Waals surface area contributed by atoms with E-state index >= 15 is 0 Å². The number of Topliss-reactive ketones (excluding diaryl/α,β-unsaturated/α-hetero) is 1. The Morgan fingerprint density at radius 1 is 1.20 bits per heavy atom. The van der Waals surface area contributed by atoms with Gasteiger partial charge in [0.1, 0.15) is 5.75 Å². The average Bonchev–Trinajstić information content (AvgIpc) is 2.38. The molecule has 0 aliphatic rings. The van der Waals surface area contributed by atoms with Crippen molar-refractivity contribution in [2.45, 2.75) is 40.2 Å². The molecule has 0 radical (unpaired) electrons. The van der Waals surface area contributed by atoms with Gasteiger partial charge in [0.05, 0.1) is 6.61 Å². The first-order valence-corrected chi connectivity index (χ1v) is 6.84. The summed E-state index contributed by atoms with van der Waals surface area (Å²) >= 11 is 0. The minimum absolute atomic E-state index is 0.0392. The molecule has 1 aromatic rings. The normalized spacial score (nSPS) is 12.1. The van der Waals surface area contributed by atoms with Crippen LogP contribution in [-0.2, 0) is 9.53 Å². The molecule has 1 atom stereocenters. The molecule has 110 valence electrons. The van der Waals surface area contributed by atoms with E-state index in [1.54, 1.807) is 31.2 Å². The fourth-order valence-corrected chi connectivity index (χ4v) is 1.55. The van der Waals surface area contributed by atoms with Crippen LogP contribution < -0.4 is 4.74 Å². The number of esters is 1. The van der Waals surface area contributed by atoms with Gasteiger partial charge in [-0.2, -0.15) is 0 Å². The molecule has 4 heteroatoms. The molecule has 20 heavy (non-hydrogen) atoms. The minimum atomic E-state index is -0.690. The highest BCUT2D eigenvalue weighted by Gasteiger charge is 2.16. The van der Waals surface area contributed by atoms with Crippen LogP contribution in [0.25, 0.3) is 0 Å². The topological polar surface area (TPSA) is 52.6 Å². The lowest BCUT2D eigenvalue weighted by molar-refractivity contribution is -0.151. The van der Waals surface area contributed by atoms with Gasteiger partial charge in [-0.25, -0.2) is 4.79 Å². The molecular formula is C16H22O4. The Morgan fingerprint density at radius 3 is 2.50 bits per heavy atom.